The van der Waals surface area contributed by atoms with Crippen LogP contribution >= 0.6 is 0 Å². The van der Waals surface area contributed by atoms with E-state index >= 15 is 0 Å². The highest BCUT2D eigenvalue weighted by Crippen LogP contribution is 2.31. The number of nitrogens with one attached hydrogen (secondary N) is 4. The van der Waals surface area contributed by atoms with Crippen molar-refractivity contribution in [3.63, 3.8) is 0 Å². The van der Waals surface area contributed by atoms with Crippen LogP contribution in [0.3, 0.4) is 0 Å². The quantitative estimate of drug-likeness (QED) is 0.366. The van der Waals surface area contributed by atoms with E-state index in [1.54, 1.807) is 12.1 Å². The molecule has 9 heteroatoms. The number of hydrogen-bond acceptors (Lipinski definition) is 5. The molecule has 1 unspecified atom stereocenters. The molecule has 1 aromatic carbocycles. The molecule has 33 heavy (non-hydrogen) atoms. The van der Waals surface area contributed by atoms with E-state index in [-0.39, 0.29) is 30.0 Å². The van der Waals surface area contributed by atoms with Gasteiger partial charge in [0.2, 0.25) is 0 Å². The van der Waals surface area contributed by atoms with Crippen molar-refractivity contribution in [3.05, 3.63) is 46.8 Å². The molecular formula is C24H31N5O4. The van der Waals surface area contributed by atoms with Gasteiger partial charge in [-0.05, 0) is 37.3 Å². The van der Waals surface area contributed by atoms with E-state index in [4.69, 9.17) is 9.63 Å². The number of nitrogens with zero attached hydrogens (tertiary/aromatic N) is 1. The van der Waals surface area contributed by atoms with Gasteiger partial charge in [0.15, 0.2) is 5.82 Å². The van der Waals surface area contributed by atoms with Gasteiger partial charge >= 0.3 is 6.03 Å². The first-order chi connectivity index (χ1) is 15.8. The Balaban J connectivity index is 1.44. The van der Waals surface area contributed by atoms with Crippen molar-refractivity contribution < 1.29 is 19.2 Å². The fourth-order valence-electron chi connectivity index (χ4n) is 4.15. The van der Waals surface area contributed by atoms with E-state index in [2.05, 4.69) is 26.1 Å². The summed E-state index contributed by atoms with van der Waals surface area (Å²) in [6.07, 6.45) is 2.75. The molecule has 1 atom stereocenters. The summed E-state index contributed by atoms with van der Waals surface area (Å²) in [5, 5.41) is 22.5. The highest BCUT2D eigenvalue weighted by Gasteiger charge is 2.26. The predicted octanol–water partition coefficient (Wildman–Crippen LogP) is 3.24. The highest BCUT2D eigenvalue weighted by atomic mass is 16.5. The number of rotatable bonds is 6. The summed E-state index contributed by atoms with van der Waals surface area (Å²) in [5.74, 6) is 0.928. The molecule has 0 saturated heterocycles. The Kier molecular flexibility index (Phi) is 6.42. The lowest BCUT2D eigenvalue weighted by atomic mass is 9.91. The fourth-order valence-corrected chi connectivity index (χ4v) is 4.15. The first kappa shape index (κ1) is 22.8. The van der Waals surface area contributed by atoms with Crippen LogP contribution in [0.1, 0.15) is 61.0 Å². The van der Waals surface area contributed by atoms with Crippen LogP contribution in [-0.4, -0.2) is 46.4 Å². The Morgan fingerprint density at radius 1 is 1.30 bits per heavy atom. The van der Waals surface area contributed by atoms with Crippen molar-refractivity contribution in [1.82, 2.24) is 20.8 Å². The average Bonchev–Trinajstić information content (AvgIpc) is 3.38. The van der Waals surface area contributed by atoms with E-state index < -0.39 is 0 Å². The maximum Gasteiger partial charge on any atom is 0.320 e. The zero-order valence-electron chi connectivity index (χ0n) is 19.2. The molecule has 4 rings (SSSR count). The van der Waals surface area contributed by atoms with E-state index in [0.29, 0.717) is 36.5 Å². The van der Waals surface area contributed by atoms with Crippen LogP contribution in [0.5, 0.6) is 0 Å². The molecule has 0 bridgehead atoms. The molecule has 1 aliphatic carbocycles. The number of urea groups is 1. The molecule has 2 aromatic heterocycles. The number of para-hydroxylation sites is 1. The molecule has 2 heterocycles. The molecule has 9 nitrogen and oxygen atoms in total. The second kappa shape index (κ2) is 9.27. The molecule has 176 valence electrons. The normalized spacial score (nSPS) is 15.8. The lowest BCUT2D eigenvalue weighted by molar-refractivity contribution is 0.0952. The van der Waals surface area contributed by atoms with Gasteiger partial charge in [-0.1, -0.05) is 38.1 Å². The van der Waals surface area contributed by atoms with Gasteiger partial charge in [-0.15, -0.1) is 0 Å². The SMILES string of the molecule is CC(C)(C)c1cc(NC(=O)NC2CCc3[nH]c4c(C(=O)NCCCO)cccc4c3C2)no1. The number of benzene rings is 1. The number of H-pyrrole nitrogens is 1. The van der Waals surface area contributed by atoms with Crippen LogP contribution in [0.4, 0.5) is 10.6 Å². The third kappa shape index (κ3) is 5.03. The van der Waals surface area contributed by atoms with Gasteiger partial charge in [0.1, 0.15) is 5.76 Å². The minimum atomic E-state index is -0.319. The number of aryl methyl sites for hydroxylation is 1. The number of aromatic amines is 1. The van der Waals surface area contributed by atoms with Crippen LogP contribution in [-0.2, 0) is 18.3 Å². The monoisotopic (exact) mass is 453 g/mol. The first-order valence-electron chi connectivity index (χ1n) is 11.3. The van der Waals surface area contributed by atoms with Crippen molar-refractivity contribution in [2.75, 3.05) is 18.5 Å². The lowest BCUT2D eigenvalue weighted by Crippen LogP contribution is -2.41. The Morgan fingerprint density at radius 3 is 2.85 bits per heavy atom. The summed E-state index contributed by atoms with van der Waals surface area (Å²) in [7, 11) is 0. The summed E-state index contributed by atoms with van der Waals surface area (Å²) >= 11 is 0. The Hall–Kier alpha value is -3.33. The number of aliphatic hydroxyl groups excluding tert-OH is 1. The van der Waals surface area contributed by atoms with Crippen molar-refractivity contribution in [1.29, 1.82) is 0 Å². The topological polar surface area (TPSA) is 132 Å². The zero-order chi connectivity index (χ0) is 23.6. The van der Waals surface area contributed by atoms with Gasteiger partial charge in [-0.2, -0.15) is 0 Å². The van der Waals surface area contributed by atoms with Crippen molar-refractivity contribution in [2.24, 2.45) is 0 Å². The van der Waals surface area contributed by atoms with Crippen LogP contribution in [0, 0.1) is 0 Å². The number of fused-ring (bicyclic) bond motifs is 3. The van der Waals surface area contributed by atoms with Crippen molar-refractivity contribution >= 4 is 28.7 Å². The summed E-state index contributed by atoms with van der Waals surface area (Å²) in [4.78, 5) is 28.6. The minimum absolute atomic E-state index is 0.0347. The minimum Gasteiger partial charge on any atom is -0.396 e. The molecule has 0 fully saturated rings. The summed E-state index contributed by atoms with van der Waals surface area (Å²) in [6.45, 7) is 6.51. The molecule has 0 spiro atoms. The first-order valence-corrected chi connectivity index (χ1v) is 11.3. The Labute approximate surface area is 192 Å². The van der Waals surface area contributed by atoms with Gasteiger partial charge in [0, 0.05) is 41.8 Å². The van der Waals surface area contributed by atoms with E-state index in [9.17, 15) is 9.59 Å². The molecule has 0 aliphatic heterocycles. The smallest absolute Gasteiger partial charge is 0.320 e. The molecular weight excluding hydrogens is 422 g/mol. The second-order valence-electron chi connectivity index (χ2n) is 9.51. The van der Waals surface area contributed by atoms with E-state index in [1.807, 2.05) is 32.9 Å². The number of anilines is 1. The average molecular weight is 454 g/mol. The molecule has 0 radical (unpaired) electrons. The maximum absolute atomic E-state index is 12.6. The molecule has 3 aromatic rings. The van der Waals surface area contributed by atoms with Crippen LogP contribution in [0.15, 0.2) is 28.8 Å². The standard InChI is InChI=1S/C24H31N5O4/c1-24(2,3)19-13-20(29-33-19)28-23(32)26-14-8-9-18-17(12-14)15-6-4-7-16(21(15)27-18)22(31)25-10-5-11-30/h4,6-7,13-14,27,30H,5,8-12H2,1-3H3,(H,25,31)(H2,26,28,29,32). The lowest BCUT2D eigenvalue weighted by Gasteiger charge is -2.23. The summed E-state index contributed by atoms with van der Waals surface area (Å²) in [6, 6.07) is 7.06. The summed E-state index contributed by atoms with van der Waals surface area (Å²) in [5.41, 5.74) is 3.44. The fraction of sp³-hybridized carbons (Fsp3) is 0.458. The Morgan fingerprint density at radius 2 is 2.12 bits per heavy atom. The zero-order valence-corrected chi connectivity index (χ0v) is 19.2. The number of aromatic nitrogens is 2. The van der Waals surface area contributed by atoms with Crippen molar-refractivity contribution in [3.8, 4) is 0 Å². The Bertz CT molecular complexity index is 1160. The number of aliphatic hydroxyl groups is 1. The predicted molar refractivity (Wildman–Crippen MR) is 126 cm³/mol. The molecule has 1 aliphatic rings. The van der Waals surface area contributed by atoms with Gasteiger partial charge in [-0.25, -0.2) is 4.79 Å². The highest BCUT2D eigenvalue weighted by molar-refractivity contribution is 6.06. The summed E-state index contributed by atoms with van der Waals surface area (Å²) < 4.78 is 5.32. The van der Waals surface area contributed by atoms with Crippen LogP contribution in [0.2, 0.25) is 0 Å². The maximum atomic E-state index is 12.6. The largest absolute Gasteiger partial charge is 0.396 e. The van der Waals surface area contributed by atoms with Crippen LogP contribution < -0.4 is 16.0 Å². The van der Waals surface area contributed by atoms with Gasteiger partial charge < -0.3 is 25.2 Å². The van der Waals surface area contributed by atoms with Gasteiger partial charge in [0.25, 0.3) is 5.91 Å². The number of hydrogen-bond donors (Lipinski definition) is 5. The molecule has 5 N–H and O–H groups in total. The second-order valence-corrected chi connectivity index (χ2v) is 9.51. The van der Waals surface area contributed by atoms with Crippen LogP contribution in [0.25, 0.3) is 10.9 Å². The number of carbonyl (C=O) groups is 2. The molecule has 3 amide bonds. The van der Waals surface area contributed by atoms with E-state index in [1.165, 1.54) is 0 Å². The molecule has 0 saturated carbocycles. The number of carbonyl (C=O) groups excluding carboxylic acids is 2. The third-order valence-corrected chi connectivity index (χ3v) is 5.91. The number of amides is 3. The van der Waals surface area contributed by atoms with Gasteiger partial charge in [0.05, 0.1) is 11.1 Å². The van der Waals surface area contributed by atoms with Crippen molar-refractivity contribution in [2.45, 2.75) is 57.9 Å². The van der Waals surface area contributed by atoms with E-state index in [0.717, 1.165) is 35.0 Å². The van der Waals surface area contributed by atoms with Gasteiger partial charge in [-0.3, -0.25) is 10.1 Å². The third-order valence-electron chi connectivity index (χ3n) is 5.91.